The van der Waals surface area contributed by atoms with Gasteiger partial charge in [0, 0.05) is 5.39 Å². The molecule has 118 valence electrons. The summed E-state index contributed by atoms with van der Waals surface area (Å²) in [6.45, 7) is 0.305. The highest BCUT2D eigenvalue weighted by Crippen LogP contribution is 2.53. The Morgan fingerprint density at radius 2 is 1.78 bits per heavy atom. The highest BCUT2D eigenvalue weighted by atomic mass is 31.2. The summed E-state index contributed by atoms with van der Waals surface area (Å²) in [5.41, 5.74) is 0.271. The number of carbonyl (C=O) groups is 2. The van der Waals surface area contributed by atoms with Crippen molar-refractivity contribution in [2.24, 2.45) is 0 Å². The Hall–Kier alpha value is -2.25. The molecule has 1 N–H and O–H groups in total. The van der Waals surface area contributed by atoms with Gasteiger partial charge in [-0.15, -0.1) is 5.06 Å². The van der Waals surface area contributed by atoms with E-state index in [1.165, 1.54) is 18.2 Å². The van der Waals surface area contributed by atoms with E-state index in [2.05, 4.69) is 0 Å². The molecule has 2 aromatic carbocycles. The van der Waals surface area contributed by atoms with Crippen LogP contribution < -0.4 is 4.52 Å². The lowest BCUT2D eigenvalue weighted by molar-refractivity contribution is -0.0377. The van der Waals surface area contributed by atoms with Crippen LogP contribution in [0.3, 0.4) is 0 Å². The number of benzene rings is 2. The Kier molecular flexibility index (Phi) is 3.04. The third-order valence-electron chi connectivity index (χ3n) is 3.60. The van der Waals surface area contributed by atoms with Crippen molar-refractivity contribution in [2.75, 3.05) is 13.2 Å². The summed E-state index contributed by atoms with van der Waals surface area (Å²) < 4.78 is 27.3. The Balaban J connectivity index is 1.90. The highest BCUT2D eigenvalue weighted by molar-refractivity contribution is 7.49. The van der Waals surface area contributed by atoms with E-state index in [0.29, 0.717) is 10.8 Å². The van der Waals surface area contributed by atoms with Gasteiger partial charge in [-0.3, -0.25) is 23.8 Å². The SMILES string of the molecule is O=C1c2cccc3cc(OP4(=O)OCCO4)cc(c23)C(=O)N1O. The average Bonchev–Trinajstić information content (AvgIpc) is 2.96. The highest BCUT2D eigenvalue weighted by Gasteiger charge is 2.36. The van der Waals surface area contributed by atoms with E-state index in [1.807, 2.05) is 0 Å². The fraction of sp³-hybridized carbons (Fsp3) is 0.143. The van der Waals surface area contributed by atoms with Crippen molar-refractivity contribution < 1.29 is 32.9 Å². The lowest BCUT2D eigenvalue weighted by Crippen LogP contribution is -2.37. The Morgan fingerprint density at radius 3 is 2.52 bits per heavy atom. The molecule has 4 rings (SSSR count). The predicted octanol–water partition coefficient (Wildman–Crippen LogP) is 2.36. The molecule has 23 heavy (non-hydrogen) atoms. The van der Waals surface area contributed by atoms with Crippen LogP contribution in [0, 0.1) is 0 Å². The number of amides is 2. The molecule has 0 bridgehead atoms. The van der Waals surface area contributed by atoms with E-state index in [-0.39, 0.29) is 35.2 Å². The summed E-state index contributed by atoms with van der Waals surface area (Å²) in [5.74, 6) is -1.58. The van der Waals surface area contributed by atoms with E-state index >= 15 is 0 Å². The van der Waals surface area contributed by atoms with Gasteiger partial charge in [-0.25, -0.2) is 4.57 Å². The van der Waals surface area contributed by atoms with Crippen LogP contribution in [0.1, 0.15) is 20.7 Å². The van der Waals surface area contributed by atoms with Crippen molar-refractivity contribution in [1.82, 2.24) is 5.06 Å². The lowest BCUT2D eigenvalue weighted by atomic mass is 9.95. The smallest absolute Gasteiger partial charge is 0.404 e. The summed E-state index contributed by atoms with van der Waals surface area (Å²) in [6.07, 6.45) is 0. The minimum absolute atomic E-state index is 0.0472. The predicted molar refractivity (Wildman–Crippen MR) is 76.4 cm³/mol. The zero-order valence-corrected chi connectivity index (χ0v) is 12.5. The molecule has 0 radical (unpaired) electrons. The molecular formula is C14H10NO7P. The Morgan fingerprint density at radius 1 is 1.09 bits per heavy atom. The molecule has 0 atom stereocenters. The van der Waals surface area contributed by atoms with Crippen molar-refractivity contribution in [3.63, 3.8) is 0 Å². The van der Waals surface area contributed by atoms with Gasteiger partial charge in [0.25, 0.3) is 11.8 Å². The fourth-order valence-corrected chi connectivity index (χ4v) is 3.78. The summed E-state index contributed by atoms with van der Waals surface area (Å²) in [5, 5.41) is 10.7. The van der Waals surface area contributed by atoms with Crippen LogP contribution in [0.15, 0.2) is 30.3 Å². The molecule has 9 heteroatoms. The molecule has 0 aliphatic carbocycles. The number of hydroxylamine groups is 2. The van der Waals surface area contributed by atoms with Gasteiger partial charge < -0.3 is 4.52 Å². The number of hydrogen-bond acceptors (Lipinski definition) is 7. The van der Waals surface area contributed by atoms with E-state index in [9.17, 15) is 19.4 Å². The first-order valence-electron chi connectivity index (χ1n) is 6.72. The molecule has 1 fully saturated rings. The number of nitrogens with zero attached hydrogens (tertiary/aromatic N) is 1. The van der Waals surface area contributed by atoms with Gasteiger partial charge in [0.1, 0.15) is 5.75 Å². The Labute approximate surface area is 129 Å². The summed E-state index contributed by atoms with van der Waals surface area (Å²) in [7, 11) is -3.70. The normalized spacial score (nSPS) is 19.4. The first kappa shape index (κ1) is 14.3. The average molecular weight is 335 g/mol. The van der Waals surface area contributed by atoms with Gasteiger partial charge in [-0.2, -0.15) is 0 Å². The molecule has 8 nitrogen and oxygen atoms in total. The van der Waals surface area contributed by atoms with E-state index in [1.54, 1.807) is 12.1 Å². The van der Waals surface area contributed by atoms with Crippen LogP contribution in [-0.4, -0.2) is 35.3 Å². The van der Waals surface area contributed by atoms with Crippen molar-refractivity contribution in [3.05, 3.63) is 41.5 Å². The van der Waals surface area contributed by atoms with Crippen LogP contribution in [0.2, 0.25) is 0 Å². The molecule has 0 aromatic heterocycles. The third-order valence-corrected chi connectivity index (χ3v) is 5.03. The van der Waals surface area contributed by atoms with Crippen LogP contribution in [0.25, 0.3) is 10.8 Å². The topological polar surface area (TPSA) is 102 Å². The van der Waals surface area contributed by atoms with Crippen molar-refractivity contribution >= 4 is 30.4 Å². The zero-order valence-electron chi connectivity index (χ0n) is 11.6. The van der Waals surface area contributed by atoms with Gasteiger partial charge in [0.05, 0.1) is 24.3 Å². The standard InChI is InChI=1S/C14H10NO7P/c16-13-10-3-1-2-8-6-9(22-23(19)20-4-5-21-23)7-11(12(8)10)14(17)15(13)18/h1-3,6-7,18H,4-5H2. The van der Waals surface area contributed by atoms with Crippen LogP contribution in [0.4, 0.5) is 0 Å². The van der Waals surface area contributed by atoms with Crippen molar-refractivity contribution in [2.45, 2.75) is 0 Å². The summed E-state index contributed by atoms with van der Waals surface area (Å²) in [6, 6.07) is 7.62. The number of rotatable bonds is 2. The summed E-state index contributed by atoms with van der Waals surface area (Å²) >= 11 is 0. The second-order valence-electron chi connectivity index (χ2n) is 5.00. The maximum absolute atomic E-state index is 12.2. The first-order chi connectivity index (χ1) is 11.0. The molecular weight excluding hydrogens is 325 g/mol. The maximum atomic E-state index is 12.2. The molecule has 1 saturated heterocycles. The number of hydrogen-bond donors (Lipinski definition) is 1. The monoisotopic (exact) mass is 335 g/mol. The lowest BCUT2D eigenvalue weighted by Gasteiger charge is -2.22. The number of phosphoric ester groups is 1. The fourth-order valence-electron chi connectivity index (χ4n) is 2.64. The quantitative estimate of drug-likeness (QED) is 0.510. The van der Waals surface area contributed by atoms with Crippen molar-refractivity contribution in [3.8, 4) is 5.75 Å². The molecule has 2 heterocycles. The number of imide groups is 1. The number of phosphoric acid groups is 1. The molecule has 2 aromatic rings. The molecule has 0 unspecified atom stereocenters. The minimum atomic E-state index is -3.70. The second-order valence-corrected chi connectivity index (χ2v) is 6.59. The van der Waals surface area contributed by atoms with E-state index < -0.39 is 19.6 Å². The van der Waals surface area contributed by atoms with Crippen LogP contribution >= 0.6 is 7.82 Å². The van der Waals surface area contributed by atoms with Gasteiger partial charge in [0.15, 0.2) is 0 Å². The molecule has 0 spiro atoms. The molecule has 2 amide bonds. The van der Waals surface area contributed by atoms with E-state index in [0.717, 1.165) is 0 Å². The van der Waals surface area contributed by atoms with Gasteiger partial charge in [-0.05, 0) is 23.6 Å². The molecule has 2 aliphatic heterocycles. The Bertz CT molecular complexity index is 899. The number of carbonyl (C=O) groups excluding carboxylic acids is 2. The van der Waals surface area contributed by atoms with Crippen LogP contribution in [0.5, 0.6) is 5.75 Å². The largest absolute Gasteiger partial charge is 0.530 e. The third kappa shape index (κ3) is 2.15. The van der Waals surface area contributed by atoms with Gasteiger partial charge >= 0.3 is 7.82 Å². The van der Waals surface area contributed by atoms with Gasteiger partial charge in [-0.1, -0.05) is 12.1 Å². The second kappa shape index (κ2) is 4.87. The van der Waals surface area contributed by atoms with Crippen LogP contribution in [-0.2, 0) is 13.6 Å². The minimum Gasteiger partial charge on any atom is -0.404 e. The first-order valence-corrected chi connectivity index (χ1v) is 8.18. The zero-order chi connectivity index (χ0) is 16.2. The van der Waals surface area contributed by atoms with Gasteiger partial charge in [0.2, 0.25) is 0 Å². The van der Waals surface area contributed by atoms with Crippen molar-refractivity contribution in [1.29, 1.82) is 0 Å². The molecule has 2 aliphatic rings. The maximum Gasteiger partial charge on any atom is 0.530 e. The molecule has 0 saturated carbocycles. The van der Waals surface area contributed by atoms with E-state index in [4.69, 9.17) is 13.6 Å². The summed E-state index contributed by atoms with van der Waals surface area (Å²) in [4.78, 5) is 24.1.